The molecule has 2 aliphatic rings. The van der Waals surface area contributed by atoms with Crippen molar-refractivity contribution in [3.63, 3.8) is 0 Å². The average Bonchev–Trinajstić information content (AvgIpc) is 3.02. The van der Waals surface area contributed by atoms with E-state index in [1.165, 1.54) is 6.07 Å². The summed E-state index contributed by atoms with van der Waals surface area (Å²) in [6.45, 7) is 12.4. The van der Waals surface area contributed by atoms with Gasteiger partial charge < -0.3 is 9.80 Å². The van der Waals surface area contributed by atoms with Crippen LogP contribution in [0, 0.1) is 11.3 Å². The lowest BCUT2D eigenvalue weighted by Crippen LogP contribution is -2.57. The van der Waals surface area contributed by atoms with Crippen molar-refractivity contribution in [2.24, 2.45) is 0 Å². The second kappa shape index (κ2) is 12.2. The minimum absolute atomic E-state index is 0.0134. The Morgan fingerprint density at radius 3 is 2.18 bits per heavy atom. The zero-order chi connectivity index (χ0) is 29.1. The molecule has 0 N–H and O–H groups in total. The molecule has 11 heteroatoms. The third kappa shape index (κ3) is 6.72. The second-order valence-electron chi connectivity index (χ2n) is 11.1. The van der Waals surface area contributed by atoms with Gasteiger partial charge in [-0.1, -0.05) is 19.3 Å². The van der Waals surface area contributed by atoms with Gasteiger partial charge in [0.2, 0.25) is 5.91 Å². The van der Waals surface area contributed by atoms with Crippen molar-refractivity contribution >= 4 is 34.8 Å². The lowest BCUT2D eigenvalue weighted by Gasteiger charge is -2.44. The van der Waals surface area contributed by atoms with Gasteiger partial charge in [0.25, 0.3) is 5.91 Å². The number of amides is 2. The number of nitrogens with zero attached hydrogens (tertiary/aromatic N) is 5. The Morgan fingerprint density at radius 2 is 1.64 bits per heavy atom. The van der Waals surface area contributed by atoms with Crippen LogP contribution in [0.1, 0.15) is 77.8 Å². The molecule has 1 aromatic carbocycles. The second-order valence-corrected chi connectivity index (χ2v) is 11.5. The topological polar surface area (TPSA) is 70.9 Å². The summed E-state index contributed by atoms with van der Waals surface area (Å²) in [6, 6.07) is 5.46. The lowest BCUT2D eigenvalue weighted by molar-refractivity contribution is -0.138. The normalized spacial score (nSPS) is 22.0. The first-order chi connectivity index (χ1) is 18.2. The van der Waals surface area contributed by atoms with Crippen molar-refractivity contribution < 1.29 is 22.8 Å². The van der Waals surface area contributed by atoms with E-state index in [0.717, 1.165) is 68.8 Å². The van der Waals surface area contributed by atoms with Crippen molar-refractivity contribution in [1.29, 1.82) is 5.26 Å². The quantitative estimate of drug-likeness (QED) is 0.304. The molecular weight excluding hydrogens is 527 g/mol. The number of carbonyl (C=O) groups is 2. The first-order valence-electron chi connectivity index (χ1n) is 13.5. The first-order valence-corrected chi connectivity index (χ1v) is 13.9. The number of benzene rings is 1. The molecule has 0 unspecified atom stereocenters. The van der Waals surface area contributed by atoms with E-state index in [9.17, 15) is 22.8 Å². The number of thiocarbonyl (C=S) groups is 1. The van der Waals surface area contributed by atoms with E-state index in [2.05, 4.69) is 18.7 Å². The fourth-order valence-corrected chi connectivity index (χ4v) is 6.10. The lowest BCUT2D eigenvalue weighted by atomic mass is 10.0. The molecule has 214 valence electrons. The van der Waals surface area contributed by atoms with Gasteiger partial charge in [-0.25, -0.2) is 0 Å². The maximum atomic E-state index is 13.5. The van der Waals surface area contributed by atoms with Crippen LogP contribution in [0.3, 0.4) is 0 Å². The molecule has 2 heterocycles. The van der Waals surface area contributed by atoms with E-state index in [0.29, 0.717) is 18.6 Å². The molecule has 0 aromatic heterocycles. The number of rotatable bonds is 9. The van der Waals surface area contributed by atoms with Gasteiger partial charge in [-0.2, -0.15) is 18.4 Å². The van der Waals surface area contributed by atoms with E-state index in [1.54, 1.807) is 31.7 Å². The van der Waals surface area contributed by atoms with Gasteiger partial charge in [-0.15, -0.1) is 0 Å². The predicted octanol–water partition coefficient (Wildman–Crippen LogP) is 5.18. The standard InChI is InChI=1S/C28H38F3N5O2S/c1-19-17-33(21(3)37)18-20(2)34(19)13-9-7-6-8-10-14-35-26(39)36(25(38)27(35,4)5)23-12-11-22(16-32)24(15-23)28(29,30)31/h11-12,15,19-20H,6-10,13-14,17-18H2,1-5H3/t19-,20+. The third-order valence-electron chi connectivity index (χ3n) is 7.86. The van der Waals surface area contributed by atoms with Crippen molar-refractivity contribution in [3.8, 4) is 6.07 Å². The number of hydrogen-bond donors (Lipinski definition) is 0. The van der Waals surface area contributed by atoms with Crippen LogP contribution in [-0.2, 0) is 15.8 Å². The van der Waals surface area contributed by atoms with Crippen molar-refractivity contribution in [2.75, 3.05) is 31.1 Å². The molecule has 0 bridgehead atoms. The van der Waals surface area contributed by atoms with Crippen LogP contribution in [0.2, 0.25) is 0 Å². The molecule has 1 aromatic rings. The Labute approximate surface area is 234 Å². The monoisotopic (exact) mass is 565 g/mol. The number of alkyl halides is 3. The van der Waals surface area contributed by atoms with Gasteiger partial charge in [-0.3, -0.25) is 19.4 Å². The maximum absolute atomic E-state index is 13.5. The number of anilines is 1. The molecule has 0 aliphatic carbocycles. The number of unbranched alkanes of at least 4 members (excludes halogenated alkanes) is 4. The summed E-state index contributed by atoms with van der Waals surface area (Å²) < 4.78 is 40.5. The highest BCUT2D eigenvalue weighted by Crippen LogP contribution is 2.38. The summed E-state index contributed by atoms with van der Waals surface area (Å²) in [5.41, 5.74) is -2.56. The zero-order valence-corrected chi connectivity index (χ0v) is 24.2. The van der Waals surface area contributed by atoms with Gasteiger partial charge >= 0.3 is 6.18 Å². The zero-order valence-electron chi connectivity index (χ0n) is 23.3. The van der Waals surface area contributed by atoms with Crippen LogP contribution in [0.15, 0.2) is 18.2 Å². The highest BCUT2D eigenvalue weighted by atomic mass is 32.1. The molecular formula is C28H38F3N5O2S. The molecule has 2 fully saturated rings. The fourth-order valence-electron chi connectivity index (χ4n) is 5.59. The Bertz CT molecular complexity index is 1120. The Hall–Kier alpha value is -2.71. The SMILES string of the molecule is CC(=O)N1C[C@@H](C)N(CCCCCCCN2C(=S)N(c3ccc(C#N)c(C(F)(F)F)c3)C(=O)C2(C)C)[C@@H](C)C1. The van der Waals surface area contributed by atoms with Crippen LogP contribution in [0.4, 0.5) is 18.9 Å². The number of hydrogen-bond acceptors (Lipinski definition) is 5. The molecule has 3 rings (SSSR count). The molecule has 2 saturated heterocycles. The highest BCUT2D eigenvalue weighted by molar-refractivity contribution is 7.80. The predicted molar refractivity (Wildman–Crippen MR) is 148 cm³/mol. The molecule has 0 spiro atoms. The summed E-state index contributed by atoms with van der Waals surface area (Å²) in [7, 11) is 0. The summed E-state index contributed by atoms with van der Waals surface area (Å²) in [5, 5.41) is 9.26. The van der Waals surface area contributed by atoms with Gasteiger partial charge in [-0.05, 0) is 77.5 Å². The maximum Gasteiger partial charge on any atom is 0.417 e. The molecule has 0 saturated carbocycles. The average molecular weight is 566 g/mol. The molecule has 2 aliphatic heterocycles. The number of carbonyl (C=O) groups excluding carboxylic acids is 2. The number of nitriles is 1. The van der Waals surface area contributed by atoms with E-state index >= 15 is 0 Å². The summed E-state index contributed by atoms with van der Waals surface area (Å²) in [5.74, 6) is -0.264. The largest absolute Gasteiger partial charge is 0.417 e. The van der Waals surface area contributed by atoms with Crippen molar-refractivity contribution in [3.05, 3.63) is 29.3 Å². The Balaban J connectivity index is 1.51. The molecule has 39 heavy (non-hydrogen) atoms. The van der Waals surface area contributed by atoms with Crippen LogP contribution >= 0.6 is 12.2 Å². The molecule has 0 radical (unpaired) electrons. The number of halogens is 3. The summed E-state index contributed by atoms with van der Waals surface area (Å²) in [6.07, 6.45) is 0.183. The van der Waals surface area contributed by atoms with Crippen LogP contribution < -0.4 is 4.90 Å². The minimum Gasteiger partial charge on any atom is -0.340 e. The van der Waals surface area contributed by atoms with E-state index in [-0.39, 0.29) is 16.7 Å². The highest BCUT2D eigenvalue weighted by Gasteiger charge is 2.49. The first kappa shape index (κ1) is 30.8. The van der Waals surface area contributed by atoms with Crippen LogP contribution in [0.5, 0.6) is 0 Å². The minimum atomic E-state index is -4.72. The van der Waals surface area contributed by atoms with Gasteiger partial charge in [0.15, 0.2) is 5.11 Å². The fraction of sp³-hybridized carbons (Fsp3) is 0.643. The molecule has 2 atom stereocenters. The van der Waals surface area contributed by atoms with Gasteiger partial charge in [0, 0.05) is 38.6 Å². The van der Waals surface area contributed by atoms with Crippen LogP contribution in [0.25, 0.3) is 0 Å². The Morgan fingerprint density at radius 1 is 1.08 bits per heavy atom. The Kier molecular flexibility index (Phi) is 9.65. The summed E-state index contributed by atoms with van der Waals surface area (Å²) >= 11 is 5.56. The van der Waals surface area contributed by atoms with E-state index < -0.39 is 28.7 Å². The van der Waals surface area contributed by atoms with Crippen molar-refractivity contribution in [2.45, 2.75) is 90.5 Å². The van der Waals surface area contributed by atoms with Gasteiger partial charge in [0.05, 0.1) is 22.9 Å². The van der Waals surface area contributed by atoms with Gasteiger partial charge in [0.1, 0.15) is 5.54 Å². The summed E-state index contributed by atoms with van der Waals surface area (Å²) in [4.78, 5) is 32.3. The van der Waals surface area contributed by atoms with Crippen LogP contribution in [-0.4, -0.2) is 75.4 Å². The number of piperazine rings is 1. The smallest absolute Gasteiger partial charge is 0.340 e. The molecule has 2 amide bonds. The third-order valence-corrected chi connectivity index (χ3v) is 8.26. The van der Waals surface area contributed by atoms with E-state index in [4.69, 9.17) is 17.5 Å². The molecule has 7 nitrogen and oxygen atoms in total. The van der Waals surface area contributed by atoms with E-state index in [1.807, 2.05) is 4.90 Å². The van der Waals surface area contributed by atoms with Crippen molar-refractivity contribution in [1.82, 2.24) is 14.7 Å².